The molecule has 5 heteroatoms. The fourth-order valence-corrected chi connectivity index (χ4v) is 2.74. The molecule has 0 amide bonds. The highest BCUT2D eigenvalue weighted by atomic mass is 16.5. The number of aromatic nitrogens is 3. The van der Waals surface area contributed by atoms with E-state index in [4.69, 9.17) is 4.74 Å². The molecule has 2 aromatic heterocycles. The Labute approximate surface area is 131 Å². The summed E-state index contributed by atoms with van der Waals surface area (Å²) in [5.41, 5.74) is 3.31. The number of aryl methyl sites for hydroxylation is 2. The molecule has 3 rings (SSSR count). The summed E-state index contributed by atoms with van der Waals surface area (Å²) in [4.78, 5) is 15.4. The second kappa shape index (κ2) is 6.83. The summed E-state index contributed by atoms with van der Waals surface area (Å²) in [6.07, 6.45) is 4.49. The Morgan fingerprint density at radius 2 is 2.14 bits per heavy atom. The summed E-state index contributed by atoms with van der Waals surface area (Å²) in [5, 5.41) is 0. The zero-order valence-electron chi connectivity index (χ0n) is 13.2. The first-order valence-corrected chi connectivity index (χ1v) is 7.73. The van der Waals surface area contributed by atoms with Gasteiger partial charge in [-0.3, -0.25) is 4.98 Å². The van der Waals surface area contributed by atoms with E-state index < -0.39 is 0 Å². The number of rotatable bonds is 3. The quantitative estimate of drug-likeness (QED) is 0.869. The van der Waals surface area contributed by atoms with E-state index in [1.54, 1.807) is 6.33 Å². The van der Waals surface area contributed by atoms with E-state index in [9.17, 15) is 0 Å². The molecule has 0 aliphatic carbocycles. The van der Waals surface area contributed by atoms with Crippen molar-refractivity contribution in [3.8, 4) is 0 Å². The van der Waals surface area contributed by atoms with Crippen LogP contribution in [-0.2, 0) is 11.2 Å². The molecule has 1 atom stereocenters. The molecular formula is C17H22N4O. The van der Waals surface area contributed by atoms with Crippen LogP contribution < -0.4 is 4.90 Å². The predicted molar refractivity (Wildman–Crippen MR) is 86.0 cm³/mol. The third-order valence-electron chi connectivity index (χ3n) is 3.92. The number of pyridine rings is 1. The van der Waals surface area contributed by atoms with Crippen LogP contribution in [0.15, 0.2) is 30.7 Å². The average molecular weight is 298 g/mol. The summed E-state index contributed by atoms with van der Waals surface area (Å²) in [6, 6.07) is 6.26. The summed E-state index contributed by atoms with van der Waals surface area (Å²) in [6.45, 7) is 7.37. The van der Waals surface area contributed by atoms with Gasteiger partial charge in [0.05, 0.1) is 13.2 Å². The van der Waals surface area contributed by atoms with E-state index >= 15 is 0 Å². The highest BCUT2D eigenvalue weighted by Crippen LogP contribution is 2.18. The van der Waals surface area contributed by atoms with Crippen molar-refractivity contribution in [1.82, 2.24) is 15.0 Å². The lowest BCUT2D eigenvalue weighted by Crippen LogP contribution is -2.31. The SMILES string of the molecule is Cc1ccc(C[C@@H]2COCCN(c3cc(C)ncn3)C2)nc1. The molecule has 0 N–H and O–H groups in total. The van der Waals surface area contributed by atoms with Gasteiger partial charge in [0.2, 0.25) is 0 Å². The molecule has 5 nitrogen and oxygen atoms in total. The number of anilines is 1. The smallest absolute Gasteiger partial charge is 0.132 e. The Morgan fingerprint density at radius 3 is 2.91 bits per heavy atom. The molecule has 1 saturated heterocycles. The van der Waals surface area contributed by atoms with Crippen molar-refractivity contribution in [2.24, 2.45) is 5.92 Å². The van der Waals surface area contributed by atoms with Crippen LogP contribution in [0.3, 0.4) is 0 Å². The monoisotopic (exact) mass is 298 g/mol. The van der Waals surface area contributed by atoms with Crippen LogP contribution in [0.5, 0.6) is 0 Å². The molecule has 2 aromatic rings. The number of ether oxygens (including phenoxy) is 1. The van der Waals surface area contributed by atoms with Gasteiger partial charge in [-0.2, -0.15) is 0 Å². The topological polar surface area (TPSA) is 51.1 Å². The van der Waals surface area contributed by atoms with E-state index in [0.29, 0.717) is 5.92 Å². The molecule has 0 unspecified atom stereocenters. The van der Waals surface area contributed by atoms with Crippen molar-refractivity contribution >= 4 is 5.82 Å². The van der Waals surface area contributed by atoms with Gasteiger partial charge in [-0.15, -0.1) is 0 Å². The van der Waals surface area contributed by atoms with Crippen LogP contribution in [-0.4, -0.2) is 41.3 Å². The number of hydrogen-bond acceptors (Lipinski definition) is 5. The molecule has 0 radical (unpaired) electrons. The predicted octanol–water partition coefficient (Wildman–Crippen LogP) is 2.18. The Hall–Kier alpha value is -2.01. The molecule has 1 aliphatic rings. The van der Waals surface area contributed by atoms with E-state index in [0.717, 1.165) is 49.9 Å². The van der Waals surface area contributed by atoms with Crippen LogP contribution in [0.2, 0.25) is 0 Å². The molecule has 0 saturated carbocycles. The minimum absolute atomic E-state index is 0.424. The molecular weight excluding hydrogens is 276 g/mol. The van der Waals surface area contributed by atoms with Crippen molar-refractivity contribution in [1.29, 1.82) is 0 Å². The number of nitrogens with zero attached hydrogens (tertiary/aromatic N) is 4. The molecule has 0 spiro atoms. The lowest BCUT2D eigenvalue weighted by Gasteiger charge is -2.24. The zero-order valence-corrected chi connectivity index (χ0v) is 13.2. The van der Waals surface area contributed by atoms with Crippen molar-refractivity contribution in [3.05, 3.63) is 47.7 Å². The molecule has 1 aliphatic heterocycles. The van der Waals surface area contributed by atoms with E-state index in [-0.39, 0.29) is 0 Å². The van der Waals surface area contributed by atoms with Crippen LogP contribution in [0, 0.1) is 19.8 Å². The van der Waals surface area contributed by atoms with Crippen LogP contribution in [0.4, 0.5) is 5.82 Å². The van der Waals surface area contributed by atoms with Gasteiger partial charge >= 0.3 is 0 Å². The second-order valence-corrected chi connectivity index (χ2v) is 5.94. The molecule has 3 heterocycles. The third-order valence-corrected chi connectivity index (χ3v) is 3.92. The Kier molecular flexibility index (Phi) is 4.63. The Balaban J connectivity index is 1.71. The van der Waals surface area contributed by atoms with Gasteiger partial charge in [0.1, 0.15) is 12.1 Å². The van der Waals surface area contributed by atoms with Crippen molar-refractivity contribution in [2.45, 2.75) is 20.3 Å². The van der Waals surface area contributed by atoms with Crippen LogP contribution in [0.1, 0.15) is 17.0 Å². The second-order valence-electron chi connectivity index (χ2n) is 5.94. The van der Waals surface area contributed by atoms with Gasteiger partial charge in [0.25, 0.3) is 0 Å². The van der Waals surface area contributed by atoms with E-state index in [2.05, 4.69) is 38.9 Å². The fraction of sp³-hybridized carbons (Fsp3) is 0.471. The summed E-state index contributed by atoms with van der Waals surface area (Å²) in [7, 11) is 0. The van der Waals surface area contributed by atoms with Gasteiger partial charge in [0, 0.05) is 42.7 Å². The fourth-order valence-electron chi connectivity index (χ4n) is 2.74. The molecule has 0 aromatic carbocycles. The lowest BCUT2D eigenvalue weighted by molar-refractivity contribution is 0.123. The average Bonchev–Trinajstić information content (AvgIpc) is 2.75. The van der Waals surface area contributed by atoms with Gasteiger partial charge in [0.15, 0.2) is 0 Å². The zero-order chi connectivity index (χ0) is 15.4. The first-order chi connectivity index (χ1) is 10.7. The van der Waals surface area contributed by atoms with Crippen molar-refractivity contribution in [2.75, 3.05) is 31.2 Å². The Bertz CT molecular complexity index is 614. The van der Waals surface area contributed by atoms with Crippen molar-refractivity contribution < 1.29 is 4.74 Å². The summed E-state index contributed by atoms with van der Waals surface area (Å²) >= 11 is 0. The van der Waals surface area contributed by atoms with E-state index in [1.165, 1.54) is 5.56 Å². The van der Waals surface area contributed by atoms with Gasteiger partial charge in [-0.05, 0) is 31.9 Å². The summed E-state index contributed by atoms with van der Waals surface area (Å²) < 4.78 is 5.77. The standard InChI is InChI=1S/C17H22N4O/c1-13-3-4-16(18-9-13)8-15-10-21(5-6-22-11-15)17-7-14(2)19-12-20-17/h3-4,7,9,12,15H,5-6,8,10-11H2,1-2H3/t15-/m0/s1. The Morgan fingerprint density at radius 1 is 1.23 bits per heavy atom. The molecule has 116 valence electrons. The molecule has 0 bridgehead atoms. The highest BCUT2D eigenvalue weighted by Gasteiger charge is 2.20. The molecule has 1 fully saturated rings. The third kappa shape index (κ3) is 3.80. The van der Waals surface area contributed by atoms with Gasteiger partial charge < -0.3 is 9.64 Å². The normalized spacial score (nSPS) is 19.0. The van der Waals surface area contributed by atoms with Crippen molar-refractivity contribution in [3.63, 3.8) is 0 Å². The molecule has 22 heavy (non-hydrogen) atoms. The van der Waals surface area contributed by atoms with Crippen LogP contribution in [0.25, 0.3) is 0 Å². The highest BCUT2D eigenvalue weighted by molar-refractivity contribution is 5.39. The largest absolute Gasteiger partial charge is 0.379 e. The van der Waals surface area contributed by atoms with Gasteiger partial charge in [-0.1, -0.05) is 6.07 Å². The minimum atomic E-state index is 0.424. The lowest BCUT2D eigenvalue weighted by atomic mass is 10.0. The minimum Gasteiger partial charge on any atom is -0.379 e. The first kappa shape index (κ1) is 14.9. The maximum atomic E-state index is 5.77. The maximum absolute atomic E-state index is 5.77. The summed E-state index contributed by atoms with van der Waals surface area (Å²) in [5.74, 6) is 1.41. The van der Waals surface area contributed by atoms with E-state index in [1.807, 2.05) is 19.2 Å². The van der Waals surface area contributed by atoms with Gasteiger partial charge in [-0.25, -0.2) is 9.97 Å². The van der Waals surface area contributed by atoms with Crippen LogP contribution >= 0.6 is 0 Å². The maximum Gasteiger partial charge on any atom is 0.132 e. The number of hydrogen-bond donors (Lipinski definition) is 0. The first-order valence-electron chi connectivity index (χ1n) is 7.73.